The van der Waals surface area contributed by atoms with E-state index in [1.165, 1.54) is 24.3 Å². The van der Waals surface area contributed by atoms with E-state index in [4.69, 9.17) is 0 Å². The molecule has 1 fully saturated rings. The van der Waals surface area contributed by atoms with Gasteiger partial charge in [0.05, 0.1) is 5.56 Å². The van der Waals surface area contributed by atoms with Crippen molar-refractivity contribution < 1.29 is 31.5 Å². The van der Waals surface area contributed by atoms with E-state index in [1.54, 1.807) is 37.3 Å². The van der Waals surface area contributed by atoms with Crippen LogP contribution in [0.25, 0.3) is 10.4 Å². The van der Waals surface area contributed by atoms with Crippen LogP contribution in [0.1, 0.15) is 24.5 Å². The molecule has 0 saturated heterocycles. The van der Waals surface area contributed by atoms with Gasteiger partial charge in [0, 0.05) is 10.3 Å². The summed E-state index contributed by atoms with van der Waals surface area (Å²) in [7, 11) is -4.19. The smallest absolute Gasteiger partial charge is 0.416 e. The first-order valence-electron chi connectivity index (χ1n) is 9.49. The Bertz CT molecular complexity index is 1270. The van der Waals surface area contributed by atoms with E-state index >= 15 is 0 Å². The number of aliphatic carboxylic acids is 1. The number of thiophene rings is 1. The van der Waals surface area contributed by atoms with Crippen LogP contribution in [0, 0.1) is 0 Å². The second-order valence-electron chi connectivity index (χ2n) is 7.88. The molecule has 168 valence electrons. The summed E-state index contributed by atoms with van der Waals surface area (Å²) in [4.78, 5) is 12.6. The summed E-state index contributed by atoms with van der Waals surface area (Å²) in [5.74, 6) is -1.27. The van der Waals surface area contributed by atoms with Crippen LogP contribution in [0.5, 0.6) is 0 Å². The van der Waals surface area contributed by atoms with Crippen LogP contribution >= 0.6 is 11.3 Å². The lowest BCUT2D eigenvalue weighted by Gasteiger charge is -2.20. The van der Waals surface area contributed by atoms with E-state index in [0.717, 1.165) is 23.5 Å². The highest BCUT2D eigenvalue weighted by Gasteiger charge is 2.72. The maximum absolute atomic E-state index is 13.0. The fourth-order valence-corrected chi connectivity index (χ4v) is 6.63. The van der Waals surface area contributed by atoms with Crippen molar-refractivity contribution >= 4 is 27.3 Å². The number of nitrogens with one attached hydrogen (secondary N) is 1. The first-order valence-corrected chi connectivity index (χ1v) is 11.8. The summed E-state index contributed by atoms with van der Waals surface area (Å²) in [6.45, 7) is 1.70. The Labute approximate surface area is 186 Å². The summed E-state index contributed by atoms with van der Waals surface area (Å²) >= 11 is 0.858. The van der Waals surface area contributed by atoms with Crippen LogP contribution in [-0.2, 0) is 26.4 Å². The lowest BCUT2D eigenvalue weighted by atomic mass is 9.93. The third-order valence-corrected chi connectivity index (χ3v) is 8.98. The Morgan fingerprint density at radius 2 is 1.66 bits per heavy atom. The van der Waals surface area contributed by atoms with Crippen LogP contribution < -0.4 is 4.72 Å². The molecule has 0 bridgehead atoms. The van der Waals surface area contributed by atoms with Crippen LogP contribution in [0.2, 0.25) is 0 Å². The number of hydrogen-bond acceptors (Lipinski definition) is 4. The molecule has 5 nitrogen and oxygen atoms in total. The first-order chi connectivity index (χ1) is 14.9. The number of carboxylic acid groups (broad SMARTS) is 1. The van der Waals surface area contributed by atoms with Gasteiger partial charge in [-0.15, -0.1) is 11.3 Å². The fourth-order valence-electron chi connectivity index (χ4n) is 3.87. The molecule has 1 heterocycles. The van der Waals surface area contributed by atoms with E-state index in [9.17, 15) is 31.5 Å². The van der Waals surface area contributed by atoms with Gasteiger partial charge in [0.25, 0.3) is 10.0 Å². The minimum atomic E-state index is -4.47. The van der Waals surface area contributed by atoms with Crippen molar-refractivity contribution in [1.82, 2.24) is 4.72 Å². The lowest BCUT2D eigenvalue weighted by Crippen LogP contribution is -2.47. The number of carboxylic acids is 1. The van der Waals surface area contributed by atoms with Gasteiger partial charge in [0.15, 0.2) is 0 Å². The number of benzene rings is 2. The van der Waals surface area contributed by atoms with Crippen molar-refractivity contribution in [2.45, 2.75) is 34.7 Å². The Kier molecular flexibility index (Phi) is 5.22. The number of carbonyl (C=O) groups is 1. The number of rotatable bonds is 6. The maximum Gasteiger partial charge on any atom is 0.416 e. The average molecular weight is 482 g/mol. The molecule has 1 aromatic heterocycles. The Balaban J connectivity index is 1.61. The molecule has 4 rings (SSSR count). The van der Waals surface area contributed by atoms with E-state index in [0.29, 0.717) is 16.0 Å². The molecule has 2 N–H and O–H groups in total. The van der Waals surface area contributed by atoms with E-state index in [-0.39, 0.29) is 10.6 Å². The number of halogens is 3. The molecule has 1 aliphatic carbocycles. The van der Waals surface area contributed by atoms with Crippen molar-refractivity contribution in [1.29, 1.82) is 0 Å². The molecule has 10 heteroatoms. The first kappa shape index (κ1) is 22.5. The van der Waals surface area contributed by atoms with Crippen molar-refractivity contribution in [3.8, 4) is 10.4 Å². The topological polar surface area (TPSA) is 83.5 Å². The zero-order valence-electron chi connectivity index (χ0n) is 16.7. The van der Waals surface area contributed by atoms with Gasteiger partial charge in [-0.3, -0.25) is 4.79 Å². The highest BCUT2D eigenvalue weighted by Crippen LogP contribution is 2.58. The molecule has 3 aromatic rings. The summed E-state index contributed by atoms with van der Waals surface area (Å²) < 4.78 is 66.6. The number of hydrogen-bond donors (Lipinski definition) is 2. The second kappa shape index (κ2) is 7.43. The third-order valence-electron chi connectivity index (χ3n) is 5.86. The molecule has 0 aliphatic heterocycles. The molecule has 2 atom stereocenters. The van der Waals surface area contributed by atoms with Crippen molar-refractivity contribution in [3.05, 3.63) is 77.9 Å². The monoisotopic (exact) mass is 481 g/mol. The fraction of sp³-hybridized carbons (Fsp3) is 0.227. The molecule has 0 amide bonds. The minimum Gasteiger partial charge on any atom is -0.480 e. The molecule has 2 aromatic carbocycles. The average Bonchev–Trinajstić information content (AvgIpc) is 3.11. The minimum absolute atomic E-state index is 0.0930. The van der Waals surface area contributed by atoms with E-state index in [1.807, 2.05) is 0 Å². The molecule has 1 unspecified atom stereocenters. The quantitative estimate of drug-likeness (QED) is 0.525. The molecule has 1 aliphatic rings. The van der Waals surface area contributed by atoms with Crippen LogP contribution in [-0.4, -0.2) is 25.0 Å². The third kappa shape index (κ3) is 3.72. The predicted molar refractivity (Wildman–Crippen MR) is 114 cm³/mol. The van der Waals surface area contributed by atoms with Gasteiger partial charge in [0.1, 0.15) is 9.75 Å². The normalized spacial score (nSPS) is 23.1. The predicted octanol–water partition coefficient (Wildman–Crippen LogP) is 4.90. The van der Waals surface area contributed by atoms with Gasteiger partial charge in [-0.25, -0.2) is 8.42 Å². The maximum atomic E-state index is 13.0. The largest absolute Gasteiger partial charge is 0.480 e. The van der Waals surface area contributed by atoms with Crippen LogP contribution in [0.3, 0.4) is 0 Å². The standard InChI is InChI=1S/C22H18F3NO4S2/c1-20(15-5-3-2-4-6-15)13-21(20,19(27)28)26-32(29,30)18-12-11-17(31-18)14-7-9-16(10-8-14)22(23,24)25/h2-12,26H,13H2,1H3,(H,27,28)/t20?,21-/m1/s1. The number of alkyl halides is 3. The van der Waals surface area contributed by atoms with Crippen molar-refractivity contribution in [3.63, 3.8) is 0 Å². The van der Waals surface area contributed by atoms with Gasteiger partial charge < -0.3 is 5.11 Å². The molecule has 1 saturated carbocycles. The molecule has 0 radical (unpaired) electrons. The van der Waals surface area contributed by atoms with Gasteiger partial charge in [-0.2, -0.15) is 17.9 Å². The second-order valence-corrected chi connectivity index (χ2v) is 10.9. The Morgan fingerprint density at radius 3 is 2.22 bits per heavy atom. The summed E-state index contributed by atoms with van der Waals surface area (Å²) in [6, 6.07) is 16.0. The summed E-state index contributed by atoms with van der Waals surface area (Å²) in [5, 5.41) is 9.87. The number of sulfonamides is 1. The van der Waals surface area contributed by atoms with Crippen molar-refractivity contribution in [2.75, 3.05) is 0 Å². The lowest BCUT2D eigenvalue weighted by molar-refractivity contribution is -0.141. The van der Waals surface area contributed by atoms with Gasteiger partial charge in [-0.1, -0.05) is 49.4 Å². The zero-order valence-corrected chi connectivity index (χ0v) is 18.3. The SMILES string of the molecule is CC1(c2ccccc2)C[C@@]1(NS(=O)(=O)c1ccc(-c2ccc(C(F)(F)F)cc2)s1)C(=O)O. The summed E-state index contributed by atoms with van der Waals surface area (Å²) in [6.07, 6.45) is -4.37. The van der Waals surface area contributed by atoms with Gasteiger partial charge >= 0.3 is 12.1 Å². The van der Waals surface area contributed by atoms with E-state index in [2.05, 4.69) is 4.72 Å². The zero-order chi connectivity index (χ0) is 23.4. The van der Waals surface area contributed by atoms with Crippen LogP contribution in [0.4, 0.5) is 13.2 Å². The summed E-state index contributed by atoms with van der Waals surface area (Å²) in [5.41, 5.74) is -2.27. The van der Waals surface area contributed by atoms with E-state index < -0.39 is 38.7 Å². The van der Waals surface area contributed by atoms with Crippen LogP contribution in [0.15, 0.2) is 70.9 Å². The molecular weight excluding hydrogens is 463 g/mol. The van der Waals surface area contributed by atoms with Crippen molar-refractivity contribution in [2.24, 2.45) is 0 Å². The molecule has 0 spiro atoms. The highest BCUT2D eigenvalue weighted by atomic mass is 32.2. The Hall–Kier alpha value is -2.69. The highest BCUT2D eigenvalue weighted by molar-refractivity contribution is 7.91. The molecular formula is C22H18F3NO4S2. The van der Waals surface area contributed by atoms with Gasteiger partial charge in [0.2, 0.25) is 0 Å². The Morgan fingerprint density at radius 1 is 1.03 bits per heavy atom. The van der Waals surface area contributed by atoms with Gasteiger partial charge in [-0.05, 0) is 41.8 Å². The molecule has 32 heavy (non-hydrogen) atoms.